The Kier molecular flexibility index (Phi) is 7.93. The van der Waals surface area contributed by atoms with Crippen molar-refractivity contribution < 1.29 is 33.3 Å². The Bertz CT molecular complexity index is 1400. The van der Waals surface area contributed by atoms with Crippen molar-refractivity contribution in [3.05, 3.63) is 78.1 Å². The maximum atomic E-state index is 15.1. The number of hydrogen-bond acceptors (Lipinski definition) is 12. The largest absolute Gasteiger partial charge is 0.497 e. The molecule has 4 atom stereocenters. The van der Waals surface area contributed by atoms with Crippen LogP contribution in [0.3, 0.4) is 0 Å². The Labute approximate surface area is 243 Å². The molecule has 5 rings (SSSR count). The van der Waals surface area contributed by atoms with Crippen LogP contribution in [0.5, 0.6) is 11.5 Å². The van der Waals surface area contributed by atoms with Gasteiger partial charge in [-0.1, -0.05) is 6.07 Å². The molecular weight excluding hydrogens is 542 g/mol. The number of pyridine rings is 3. The van der Waals surface area contributed by atoms with E-state index in [0.717, 1.165) is 0 Å². The van der Waals surface area contributed by atoms with Crippen LogP contribution in [0.4, 0.5) is 0 Å². The van der Waals surface area contributed by atoms with Gasteiger partial charge in [0.1, 0.15) is 11.5 Å². The summed E-state index contributed by atoms with van der Waals surface area (Å²) in [6, 6.07) is 10.2. The molecule has 12 nitrogen and oxygen atoms in total. The van der Waals surface area contributed by atoms with Crippen LogP contribution < -0.4 is 9.47 Å². The first kappa shape index (κ1) is 29.1. The summed E-state index contributed by atoms with van der Waals surface area (Å²) in [7, 11) is 7.24. The predicted octanol–water partition coefficient (Wildman–Crippen LogP) is 2.02. The third-order valence-corrected chi connectivity index (χ3v) is 8.25. The minimum absolute atomic E-state index is 0.0556. The van der Waals surface area contributed by atoms with Crippen LogP contribution in [-0.2, 0) is 30.4 Å². The predicted molar refractivity (Wildman–Crippen MR) is 148 cm³/mol. The average Bonchev–Trinajstić information content (AvgIpc) is 3.02. The molecule has 5 heterocycles. The van der Waals surface area contributed by atoms with Gasteiger partial charge in [0.25, 0.3) is 0 Å². The van der Waals surface area contributed by atoms with E-state index in [-0.39, 0.29) is 19.6 Å². The summed E-state index contributed by atoms with van der Waals surface area (Å²) in [5.41, 5.74) is -2.27. The van der Waals surface area contributed by atoms with Gasteiger partial charge in [0.05, 0.1) is 57.6 Å². The number of rotatable bonds is 8. The Morgan fingerprint density at radius 1 is 0.810 bits per heavy atom. The third-order valence-electron chi connectivity index (χ3n) is 8.25. The highest BCUT2D eigenvalue weighted by atomic mass is 16.5. The lowest BCUT2D eigenvalue weighted by Crippen LogP contribution is -2.75. The standard InChI is InChI=1S/C30H33N5O7/c1-34-24(22-14-20(39-2)9-12-32-22)29(27(37)41-4)17-35(16-19-8-6-7-11-31-19)18-30(26(29)36,28(38)42-5)25(34)23-15-21(40-3)10-13-33-23/h6-15,24-25H,16-18H2,1-5H3. The molecule has 2 bridgehead atoms. The summed E-state index contributed by atoms with van der Waals surface area (Å²) in [6.45, 7) is 0.145. The quantitative estimate of drug-likeness (QED) is 0.287. The molecule has 3 aromatic rings. The SMILES string of the molecule is COC(=O)C12CN(Cc3ccccn3)CC(C(=O)OC)(C1=O)C(c1cc(OC)ccn1)N(C)C2c1cc(OC)ccn1. The van der Waals surface area contributed by atoms with Crippen LogP contribution in [0.1, 0.15) is 29.2 Å². The molecule has 0 amide bonds. The van der Waals surface area contributed by atoms with Crippen LogP contribution in [0.2, 0.25) is 0 Å². The molecule has 2 saturated heterocycles. The molecule has 0 aliphatic carbocycles. The fraction of sp³-hybridized carbons (Fsp3) is 0.400. The molecule has 2 aliphatic rings. The maximum absolute atomic E-state index is 15.1. The van der Waals surface area contributed by atoms with Crippen LogP contribution in [-0.4, -0.2) is 91.0 Å². The Balaban J connectivity index is 1.82. The number of ketones is 1. The summed E-state index contributed by atoms with van der Waals surface area (Å²) < 4.78 is 21.6. The molecule has 4 unspecified atom stereocenters. The molecule has 0 radical (unpaired) electrons. The normalized spacial score (nSPS) is 25.9. The number of likely N-dealkylation sites (tertiary alicyclic amines) is 2. The van der Waals surface area contributed by atoms with E-state index in [0.29, 0.717) is 28.6 Å². The fourth-order valence-electron chi connectivity index (χ4n) is 6.63. The van der Waals surface area contributed by atoms with Gasteiger partial charge in [-0.25, -0.2) is 0 Å². The number of esters is 2. The smallest absolute Gasteiger partial charge is 0.322 e. The van der Waals surface area contributed by atoms with Gasteiger partial charge in [0.15, 0.2) is 16.6 Å². The molecule has 2 fully saturated rings. The van der Waals surface area contributed by atoms with E-state index in [9.17, 15) is 9.59 Å². The summed E-state index contributed by atoms with van der Waals surface area (Å²) in [5, 5.41) is 0. The zero-order chi connectivity index (χ0) is 30.1. The van der Waals surface area contributed by atoms with Gasteiger partial charge >= 0.3 is 11.9 Å². The second-order valence-corrected chi connectivity index (χ2v) is 10.4. The highest BCUT2D eigenvalue weighted by molar-refractivity contribution is 6.17. The Hall–Kier alpha value is -4.42. The summed E-state index contributed by atoms with van der Waals surface area (Å²) in [6.07, 6.45) is 4.76. The number of ether oxygens (including phenoxy) is 4. The van der Waals surface area contributed by atoms with Gasteiger partial charge in [0, 0.05) is 50.4 Å². The zero-order valence-corrected chi connectivity index (χ0v) is 24.1. The number of nitrogens with zero attached hydrogens (tertiary/aromatic N) is 5. The van der Waals surface area contributed by atoms with Crippen molar-refractivity contribution in [1.29, 1.82) is 0 Å². The van der Waals surface area contributed by atoms with Crippen molar-refractivity contribution in [3.8, 4) is 11.5 Å². The van der Waals surface area contributed by atoms with E-state index >= 15 is 4.79 Å². The lowest BCUT2D eigenvalue weighted by atomic mass is 9.54. The maximum Gasteiger partial charge on any atom is 0.322 e. The van der Waals surface area contributed by atoms with Crippen molar-refractivity contribution in [1.82, 2.24) is 24.8 Å². The molecule has 0 saturated carbocycles. The van der Waals surface area contributed by atoms with Crippen molar-refractivity contribution in [2.45, 2.75) is 18.6 Å². The van der Waals surface area contributed by atoms with Gasteiger partial charge in [-0.05, 0) is 31.3 Å². The number of piperidine rings is 2. The first-order valence-corrected chi connectivity index (χ1v) is 13.3. The van der Waals surface area contributed by atoms with Gasteiger partial charge in [-0.2, -0.15) is 0 Å². The van der Waals surface area contributed by atoms with Crippen molar-refractivity contribution >= 4 is 17.7 Å². The average molecular weight is 576 g/mol. The number of fused-ring (bicyclic) bond motifs is 2. The van der Waals surface area contributed by atoms with Gasteiger partial charge in [-0.3, -0.25) is 39.1 Å². The van der Waals surface area contributed by atoms with Gasteiger partial charge < -0.3 is 18.9 Å². The fourth-order valence-corrected chi connectivity index (χ4v) is 6.63. The van der Waals surface area contributed by atoms with E-state index in [1.807, 2.05) is 17.0 Å². The highest BCUT2D eigenvalue weighted by Gasteiger charge is 2.75. The molecule has 220 valence electrons. The molecule has 0 N–H and O–H groups in total. The number of carbonyl (C=O) groups is 3. The lowest BCUT2D eigenvalue weighted by Gasteiger charge is -2.60. The molecule has 42 heavy (non-hydrogen) atoms. The summed E-state index contributed by atoms with van der Waals surface area (Å²) in [5.74, 6) is -1.21. The first-order valence-electron chi connectivity index (χ1n) is 13.3. The molecule has 0 aromatic carbocycles. The van der Waals surface area contributed by atoms with E-state index in [1.165, 1.54) is 28.4 Å². The second-order valence-electron chi connectivity index (χ2n) is 10.4. The number of Topliss-reactive ketones (excluding diaryl/α,β-unsaturated/α-hetero) is 1. The molecule has 2 aliphatic heterocycles. The first-order chi connectivity index (χ1) is 20.3. The van der Waals surface area contributed by atoms with Crippen LogP contribution in [0.15, 0.2) is 61.1 Å². The van der Waals surface area contributed by atoms with E-state index in [1.54, 1.807) is 60.9 Å². The molecular formula is C30H33N5O7. The van der Waals surface area contributed by atoms with Crippen LogP contribution >= 0.6 is 0 Å². The minimum Gasteiger partial charge on any atom is -0.497 e. The molecule has 12 heteroatoms. The highest BCUT2D eigenvalue weighted by Crippen LogP contribution is 2.60. The van der Waals surface area contributed by atoms with Crippen molar-refractivity contribution in [2.75, 3.05) is 48.6 Å². The van der Waals surface area contributed by atoms with Crippen molar-refractivity contribution in [3.63, 3.8) is 0 Å². The van der Waals surface area contributed by atoms with E-state index in [4.69, 9.17) is 18.9 Å². The Morgan fingerprint density at radius 3 is 1.76 bits per heavy atom. The summed E-state index contributed by atoms with van der Waals surface area (Å²) in [4.78, 5) is 60.5. The van der Waals surface area contributed by atoms with E-state index < -0.39 is 40.6 Å². The van der Waals surface area contributed by atoms with E-state index in [2.05, 4.69) is 15.0 Å². The number of methoxy groups -OCH3 is 4. The van der Waals surface area contributed by atoms with Gasteiger partial charge in [0.2, 0.25) is 0 Å². The van der Waals surface area contributed by atoms with Crippen molar-refractivity contribution in [2.24, 2.45) is 10.8 Å². The lowest BCUT2D eigenvalue weighted by molar-refractivity contribution is -0.204. The second kappa shape index (κ2) is 11.5. The zero-order valence-electron chi connectivity index (χ0n) is 24.1. The summed E-state index contributed by atoms with van der Waals surface area (Å²) >= 11 is 0. The topological polar surface area (TPSA) is 133 Å². The number of hydrogen-bond donors (Lipinski definition) is 0. The third kappa shape index (κ3) is 4.47. The molecule has 0 spiro atoms. The number of carbonyl (C=O) groups excluding carboxylic acids is 3. The minimum atomic E-state index is -1.88. The van der Waals surface area contributed by atoms with Crippen LogP contribution in [0.25, 0.3) is 0 Å². The Morgan fingerprint density at radius 2 is 1.33 bits per heavy atom. The molecule has 3 aromatic heterocycles. The monoisotopic (exact) mass is 575 g/mol. The number of aromatic nitrogens is 3. The van der Waals surface area contributed by atoms with Gasteiger partial charge in [-0.15, -0.1) is 0 Å². The van der Waals surface area contributed by atoms with Crippen LogP contribution in [0, 0.1) is 10.8 Å².